The van der Waals surface area contributed by atoms with Crippen LogP contribution in [0.15, 0.2) is 156 Å². The summed E-state index contributed by atoms with van der Waals surface area (Å²) < 4.78 is 9.12. The lowest BCUT2D eigenvalue weighted by molar-refractivity contribution is 0.669. The van der Waals surface area contributed by atoms with Gasteiger partial charge in [0.1, 0.15) is 11.2 Å². The lowest BCUT2D eigenvalue weighted by Gasteiger charge is -2.08. The van der Waals surface area contributed by atoms with Crippen LogP contribution >= 0.6 is 11.3 Å². The van der Waals surface area contributed by atoms with Crippen LogP contribution in [0.5, 0.6) is 0 Å². The molecule has 0 N–H and O–H groups in total. The molecule has 0 spiro atoms. The van der Waals surface area contributed by atoms with Gasteiger partial charge in [-0.1, -0.05) is 109 Å². The first-order valence-corrected chi connectivity index (χ1v) is 16.7. The molecule has 10 aromatic rings. The summed E-state index contributed by atoms with van der Waals surface area (Å²) in [5.41, 5.74) is 6.72. The van der Waals surface area contributed by atoms with Crippen molar-refractivity contribution in [1.29, 1.82) is 0 Å². The van der Waals surface area contributed by atoms with E-state index in [0.717, 1.165) is 44.2 Å². The topological polar surface area (TPSA) is 51.8 Å². The molecule has 5 heteroatoms. The fraction of sp³-hybridized carbons (Fsp3) is 0. The second kappa shape index (κ2) is 10.7. The van der Waals surface area contributed by atoms with E-state index in [1.807, 2.05) is 78.1 Å². The maximum atomic E-state index is 6.52. The van der Waals surface area contributed by atoms with Gasteiger partial charge in [0.05, 0.1) is 0 Å². The average Bonchev–Trinajstić information content (AvgIpc) is 3.70. The Morgan fingerprint density at radius 1 is 0.354 bits per heavy atom. The fourth-order valence-corrected chi connectivity index (χ4v) is 7.85. The van der Waals surface area contributed by atoms with E-state index in [0.29, 0.717) is 17.5 Å². The zero-order valence-electron chi connectivity index (χ0n) is 25.6. The van der Waals surface area contributed by atoms with Crippen molar-refractivity contribution in [3.8, 4) is 45.3 Å². The Kier molecular flexibility index (Phi) is 6.01. The summed E-state index contributed by atoms with van der Waals surface area (Å²) in [6, 6.07) is 52.8. The standard InChI is InChI=1S/C43H25N3OS/c1-3-9-26(10-4-1)41-44-42(27-11-5-2-6-12-27)46-43(45-41)32-17-19-34-33-18-15-30(22-37(33)47-38(34)23-32)31-16-20-35-36-21-28-13-7-8-14-29(28)24-40(36)48-39(35)25-31/h1-25H. The number of thiophene rings is 1. The third kappa shape index (κ3) is 4.48. The molecule has 224 valence electrons. The number of hydrogen-bond acceptors (Lipinski definition) is 5. The number of benzene rings is 7. The molecule has 0 radical (unpaired) electrons. The smallest absolute Gasteiger partial charge is 0.164 e. The second-order valence-corrected chi connectivity index (χ2v) is 13.2. The van der Waals surface area contributed by atoms with E-state index in [2.05, 4.69) is 84.9 Å². The van der Waals surface area contributed by atoms with Crippen molar-refractivity contribution in [3.05, 3.63) is 152 Å². The molecular formula is C43H25N3OS. The Bertz CT molecular complexity index is 2780. The Hall–Kier alpha value is -6.17. The number of furan rings is 1. The van der Waals surface area contributed by atoms with Crippen LogP contribution in [-0.2, 0) is 0 Å². The molecule has 10 rings (SSSR count). The lowest BCUT2D eigenvalue weighted by atomic mass is 10.0. The molecule has 3 aromatic heterocycles. The van der Waals surface area contributed by atoms with Gasteiger partial charge in [0.2, 0.25) is 0 Å². The van der Waals surface area contributed by atoms with Crippen LogP contribution < -0.4 is 0 Å². The highest BCUT2D eigenvalue weighted by Crippen LogP contribution is 2.40. The van der Waals surface area contributed by atoms with Gasteiger partial charge in [-0.05, 0) is 64.4 Å². The highest BCUT2D eigenvalue weighted by Gasteiger charge is 2.15. The minimum atomic E-state index is 0.607. The van der Waals surface area contributed by atoms with Crippen LogP contribution in [0.1, 0.15) is 0 Å². The number of aromatic nitrogens is 3. The maximum absolute atomic E-state index is 6.52. The zero-order chi connectivity index (χ0) is 31.6. The predicted octanol–water partition coefficient (Wildman–Crippen LogP) is 12.0. The minimum absolute atomic E-state index is 0.607. The van der Waals surface area contributed by atoms with E-state index in [9.17, 15) is 0 Å². The maximum Gasteiger partial charge on any atom is 0.164 e. The van der Waals surface area contributed by atoms with Crippen LogP contribution in [0, 0.1) is 0 Å². The van der Waals surface area contributed by atoms with Crippen LogP contribution in [0.3, 0.4) is 0 Å². The number of fused-ring (bicyclic) bond motifs is 7. The summed E-state index contributed by atoms with van der Waals surface area (Å²) in [5, 5.41) is 7.31. The summed E-state index contributed by atoms with van der Waals surface area (Å²) in [6.07, 6.45) is 0. The van der Waals surface area contributed by atoms with E-state index in [1.165, 1.54) is 36.5 Å². The monoisotopic (exact) mass is 631 g/mol. The Balaban J connectivity index is 1.06. The molecular weight excluding hydrogens is 607 g/mol. The molecule has 0 fully saturated rings. The molecule has 3 heterocycles. The first-order valence-electron chi connectivity index (χ1n) is 15.9. The van der Waals surface area contributed by atoms with Gasteiger partial charge in [-0.2, -0.15) is 0 Å². The first kappa shape index (κ1) is 27.0. The van der Waals surface area contributed by atoms with Crippen LogP contribution in [0.2, 0.25) is 0 Å². The third-order valence-corrected chi connectivity index (χ3v) is 10.2. The fourth-order valence-electron chi connectivity index (χ4n) is 6.68. The van der Waals surface area contributed by atoms with Crippen LogP contribution in [0.4, 0.5) is 0 Å². The molecule has 0 amide bonds. The third-order valence-electron chi connectivity index (χ3n) is 9.10. The van der Waals surface area contributed by atoms with Gasteiger partial charge in [-0.25, -0.2) is 15.0 Å². The molecule has 4 nitrogen and oxygen atoms in total. The van der Waals surface area contributed by atoms with Crippen molar-refractivity contribution in [2.24, 2.45) is 0 Å². The average molecular weight is 632 g/mol. The summed E-state index contributed by atoms with van der Waals surface area (Å²) in [6.45, 7) is 0. The van der Waals surface area contributed by atoms with Crippen LogP contribution in [0.25, 0.3) is 98.2 Å². The normalized spacial score (nSPS) is 11.8. The molecule has 0 aliphatic rings. The Labute approximate surface area is 279 Å². The summed E-state index contributed by atoms with van der Waals surface area (Å²) in [4.78, 5) is 14.6. The van der Waals surface area contributed by atoms with Gasteiger partial charge < -0.3 is 4.42 Å². The highest BCUT2D eigenvalue weighted by molar-refractivity contribution is 7.25. The zero-order valence-corrected chi connectivity index (χ0v) is 26.4. The van der Waals surface area contributed by atoms with E-state index in [1.54, 1.807) is 0 Å². The van der Waals surface area contributed by atoms with Crippen molar-refractivity contribution in [2.75, 3.05) is 0 Å². The number of nitrogens with zero attached hydrogens (tertiary/aromatic N) is 3. The molecule has 0 aliphatic heterocycles. The number of rotatable bonds is 4. The summed E-state index contributed by atoms with van der Waals surface area (Å²) in [7, 11) is 0. The molecule has 0 bridgehead atoms. The molecule has 48 heavy (non-hydrogen) atoms. The van der Waals surface area contributed by atoms with E-state index in [4.69, 9.17) is 19.4 Å². The van der Waals surface area contributed by atoms with Crippen LogP contribution in [-0.4, -0.2) is 15.0 Å². The molecule has 0 saturated heterocycles. The van der Waals surface area contributed by atoms with Gasteiger partial charge in [0, 0.05) is 47.6 Å². The van der Waals surface area contributed by atoms with Gasteiger partial charge in [0.15, 0.2) is 17.5 Å². The van der Waals surface area contributed by atoms with Crippen molar-refractivity contribution >= 4 is 64.2 Å². The second-order valence-electron chi connectivity index (χ2n) is 12.1. The molecule has 0 saturated carbocycles. The highest BCUT2D eigenvalue weighted by atomic mass is 32.1. The minimum Gasteiger partial charge on any atom is -0.456 e. The Morgan fingerprint density at radius 3 is 1.48 bits per heavy atom. The molecule has 7 aromatic carbocycles. The van der Waals surface area contributed by atoms with E-state index < -0.39 is 0 Å². The predicted molar refractivity (Wildman–Crippen MR) is 199 cm³/mol. The van der Waals surface area contributed by atoms with Crippen molar-refractivity contribution in [2.45, 2.75) is 0 Å². The van der Waals surface area contributed by atoms with Gasteiger partial charge in [0.25, 0.3) is 0 Å². The van der Waals surface area contributed by atoms with Gasteiger partial charge in [-0.15, -0.1) is 11.3 Å². The van der Waals surface area contributed by atoms with Crippen molar-refractivity contribution < 1.29 is 4.42 Å². The van der Waals surface area contributed by atoms with E-state index >= 15 is 0 Å². The quantitative estimate of drug-likeness (QED) is 0.194. The molecule has 0 aliphatic carbocycles. The number of hydrogen-bond donors (Lipinski definition) is 0. The van der Waals surface area contributed by atoms with E-state index in [-0.39, 0.29) is 0 Å². The van der Waals surface area contributed by atoms with Gasteiger partial charge in [-0.3, -0.25) is 0 Å². The van der Waals surface area contributed by atoms with Crippen molar-refractivity contribution in [1.82, 2.24) is 15.0 Å². The van der Waals surface area contributed by atoms with Crippen molar-refractivity contribution in [3.63, 3.8) is 0 Å². The Morgan fingerprint density at radius 2 is 0.833 bits per heavy atom. The molecule has 0 unspecified atom stereocenters. The first-order chi connectivity index (χ1) is 23.7. The SMILES string of the molecule is c1ccc(-c2nc(-c3ccccc3)nc(-c3ccc4c(c3)oc3cc(-c5ccc6c(c5)sc5cc7ccccc7cc56)ccc34)n2)cc1. The van der Waals surface area contributed by atoms with Gasteiger partial charge >= 0.3 is 0 Å². The largest absolute Gasteiger partial charge is 0.456 e. The summed E-state index contributed by atoms with van der Waals surface area (Å²) >= 11 is 1.85. The lowest BCUT2D eigenvalue weighted by Crippen LogP contribution is -2.00. The molecule has 0 atom stereocenters. The summed E-state index contributed by atoms with van der Waals surface area (Å²) in [5.74, 6) is 1.88.